The summed E-state index contributed by atoms with van der Waals surface area (Å²) in [5.74, 6) is 0.0793. The molecule has 0 atom stereocenters. The molecule has 16 heavy (non-hydrogen) atoms. The van der Waals surface area contributed by atoms with Crippen molar-refractivity contribution in [3.05, 3.63) is 32.2 Å². The van der Waals surface area contributed by atoms with Crippen molar-refractivity contribution < 1.29 is 4.79 Å². The molecule has 1 aromatic heterocycles. The minimum absolute atomic E-state index is 0.0185. The number of amides is 1. The molecule has 86 valence electrons. The first kappa shape index (κ1) is 11.4. The lowest BCUT2D eigenvalue weighted by atomic mass is 10.1. The first-order valence-electron chi connectivity index (χ1n) is 5.13. The van der Waals surface area contributed by atoms with Gasteiger partial charge in [0, 0.05) is 39.2 Å². The highest BCUT2D eigenvalue weighted by atomic mass is 79.9. The van der Waals surface area contributed by atoms with Crippen LogP contribution in [0, 0.1) is 0 Å². The van der Waals surface area contributed by atoms with E-state index in [4.69, 9.17) is 0 Å². The summed E-state index contributed by atoms with van der Waals surface area (Å²) in [6.07, 6.45) is 0.744. The van der Waals surface area contributed by atoms with E-state index in [9.17, 15) is 9.59 Å². The highest BCUT2D eigenvalue weighted by molar-refractivity contribution is 9.10. The summed E-state index contributed by atoms with van der Waals surface area (Å²) in [4.78, 5) is 24.8. The minimum Gasteiger partial charge on any atom is -0.338 e. The maximum atomic E-state index is 11.7. The van der Waals surface area contributed by atoms with Crippen LogP contribution >= 0.6 is 15.9 Å². The van der Waals surface area contributed by atoms with Crippen LogP contribution in [-0.4, -0.2) is 21.9 Å². The molecule has 0 saturated heterocycles. The molecule has 1 aliphatic rings. The Labute approximate surface area is 102 Å². The van der Waals surface area contributed by atoms with Crippen molar-refractivity contribution in [3.63, 3.8) is 0 Å². The number of rotatable bonds is 0. The summed E-state index contributed by atoms with van der Waals surface area (Å²) in [7, 11) is 1.77. The monoisotopic (exact) mass is 284 g/mol. The molecule has 0 fully saturated rings. The van der Waals surface area contributed by atoms with Gasteiger partial charge in [-0.1, -0.05) is 0 Å². The molecule has 0 spiro atoms. The topological polar surface area (TPSA) is 42.3 Å². The molecule has 0 bridgehead atoms. The lowest BCUT2D eigenvalue weighted by Crippen LogP contribution is -2.37. The van der Waals surface area contributed by atoms with E-state index in [1.807, 2.05) is 6.07 Å². The summed E-state index contributed by atoms with van der Waals surface area (Å²) in [6, 6.07) is 1.83. The van der Waals surface area contributed by atoms with E-state index >= 15 is 0 Å². The fraction of sp³-hybridized carbons (Fsp3) is 0.455. The Morgan fingerprint density at radius 2 is 2.19 bits per heavy atom. The number of pyridine rings is 1. The Balaban J connectivity index is 2.48. The number of nitrogens with zero attached hydrogens (tertiary/aromatic N) is 2. The van der Waals surface area contributed by atoms with E-state index in [-0.39, 0.29) is 11.5 Å². The summed E-state index contributed by atoms with van der Waals surface area (Å²) >= 11 is 3.25. The molecule has 0 unspecified atom stereocenters. The fourth-order valence-electron chi connectivity index (χ4n) is 2.06. The number of aromatic nitrogens is 1. The molecule has 1 aliphatic heterocycles. The summed E-state index contributed by atoms with van der Waals surface area (Å²) in [5, 5.41) is 0. The van der Waals surface area contributed by atoms with Gasteiger partial charge in [0.25, 0.3) is 5.56 Å². The van der Waals surface area contributed by atoms with Gasteiger partial charge in [0.15, 0.2) is 0 Å². The molecular weight excluding hydrogens is 272 g/mol. The zero-order chi connectivity index (χ0) is 11.9. The Bertz CT molecular complexity index is 507. The van der Waals surface area contributed by atoms with Gasteiger partial charge in [-0.25, -0.2) is 0 Å². The Kier molecular flexibility index (Phi) is 2.88. The van der Waals surface area contributed by atoms with Gasteiger partial charge in [0.05, 0.1) is 4.47 Å². The second-order valence-corrected chi connectivity index (χ2v) is 4.87. The van der Waals surface area contributed by atoms with Gasteiger partial charge in [-0.15, -0.1) is 0 Å². The van der Waals surface area contributed by atoms with Gasteiger partial charge in [0.1, 0.15) is 0 Å². The third-order valence-electron chi connectivity index (χ3n) is 3.01. The Hall–Kier alpha value is -1.10. The minimum atomic E-state index is -0.0185. The van der Waals surface area contributed by atoms with Crippen LogP contribution in [0.15, 0.2) is 15.3 Å². The summed E-state index contributed by atoms with van der Waals surface area (Å²) < 4.78 is 2.22. The van der Waals surface area contributed by atoms with Gasteiger partial charge >= 0.3 is 0 Å². The molecule has 0 aromatic carbocycles. The molecule has 1 aromatic rings. The second kappa shape index (κ2) is 4.05. The standard InChI is InChI=1S/C11H13BrN2O2/c1-7(15)14-4-3-10-8(6-14)5-9(12)11(16)13(10)2/h5H,3-4,6H2,1-2H3. The van der Waals surface area contributed by atoms with Crippen molar-refractivity contribution in [1.82, 2.24) is 9.47 Å². The molecule has 1 amide bonds. The van der Waals surface area contributed by atoms with E-state index < -0.39 is 0 Å². The van der Waals surface area contributed by atoms with Gasteiger partial charge in [0.2, 0.25) is 5.91 Å². The van der Waals surface area contributed by atoms with Crippen molar-refractivity contribution in [2.75, 3.05) is 6.54 Å². The SMILES string of the molecule is CC(=O)N1CCc2c(cc(Br)c(=O)n2C)C1. The molecule has 0 aliphatic carbocycles. The van der Waals surface area contributed by atoms with Gasteiger partial charge in [-0.3, -0.25) is 9.59 Å². The van der Waals surface area contributed by atoms with Crippen LogP contribution in [0.3, 0.4) is 0 Å². The number of carbonyl (C=O) groups excluding carboxylic acids is 1. The number of hydrogen-bond donors (Lipinski definition) is 0. The van der Waals surface area contributed by atoms with Crippen molar-refractivity contribution in [2.45, 2.75) is 19.9 Å². The average molecular weight is 285 g/mol. The third kappa shape index (κ3) is 1.80. The maximum absolute atomic E-state index is 11.7. The average Bonchev–Trinajstić information content (AvgIpc) is 2.25. The van der Waals surface area contributed by atoms with Gasteiger partial charge < -0.3 is 9.47 Å². The van der Waals surface area contributed by atoms with Crippen molar-refractivity contribution in [3.8, 4) is 0 Å². The number of carbonyl (C=O) groups is 1. The molecule has 0 N–H and O–H groups in total. The molecule has 5 heteroatoms. The van der Waals surface area contributed by atoms with Crippen LogP contribution in [0.5, 0.6) is 0 Å². The van der Waals surface area contributed by atoms with Crippen LogP contribution in [0.4, 0.5) is 0 Å². The summed E-state index contributed by atoms with van der Waals surface area (Å²) in [5.41, 5.74) is 2.07. The smallest absolute Gasteiger partial charge is 0.264 e. The fourth-order valence-corrected chi connectivity index (χ4v) is 2.60. The predicted octanol–water partition coefficient (Wildman–Crippen LogP) is 1.05. The normalized spacial score (nSPS) is 14.8. The lowest BCUT2D eigenvalue weighted by molar-refractivity contribution is -0.129. The second-order valence-electron chi connectivity index (χ2n) is 4.02. The quantitative estimate of drug-likeness (QED) is 0.715. The Morgan fingerprint density at radius 3 is 2.81 bits per heavy atom. The molecule has 0 radical (unpaired) electrons. The van der Waals surface area contributed by atoms with Crippen LogP contribution in [0.25, 0.3) is 0 Å². The Morgan fingerprint density at radius 1 is 1.50 bits per heavy atom. The van der Waals surface area contributed by atoms with E-state index in [0.717, 1.165) is 17.7 Å². The van der Waals surface area contributed by atoms with Crippen molar-refractivity contribution in [2.24, 2.45) is 7.05 Å². The molecule has 4 nitrogen and oxygen atoms in total. The van der Waals surface area contributed by atoms with E-state index in [2.05, 4.69) is 15.9 Å². The zero-order valence-electron chi connectivity index (χ0n) is 9.29. The van der Waals surface area contributed by atoms with E-state index in [1.54, 1.807) is 23.4 Å². The highest BCUT2D eigenvalue weighted by Crippen LogP contribution is 2.19. The van der Waals surface area contributed by atoms with Crippen LogP contribution in [-0.2, 0) is 24.8 Å². The largest absolute Gasteiger partial charge is 0.338 e. The molecular formula is C11H13BrN2O2. The van der Waals surface area contributed by atoms with Gasteiger partial charge in [-0.2, -0.15) is 0 Å². The van der Waals surface area contributed by atoms with E-state index in [0.29, 0.717) is 17.6 Å². The highest BCUT2D eigenvalue weighted by Gasteiger charge is 2.21. The van der Waals surface area contributed by atoms with Gasteiger partial charge in [-0.05, 0) is 27.6 Å². The number of hydrogen-bond acceptors (Lipinski definition) is 2. The van der Waals surface area contributed by atoms with Crippen LogP contribution in [0.1, 0.15) is 18.2 Å². The molecule has 2 rings (SSSR count). The molecule has 2 heterocycles. The predicted molar refractivity (Wildman–Crippen MR) is 64.2 cm³/mol. The zero-order valence-corrected chi connectivity index (χ0v) is 10.9. The third-order valence-corrected chi connectivity index (χ3v) is 3.58. The summed E-state index contributed by atoms with van der Waals surface area (Å²) in [6.45, 7) is 2.86. The molecule has 0 saturated carbocycles. The lowest BCUT2D eigenvalue weighted by Gasteiger charge is -2.29. The van der Waals surface area contributed by atoms with Crippen LogP contribution in [0.2, 0.25) is 0 Å². The maximum Gasteiger partial charge on any atom is 0.264 e. The van der Waals surface area contributed by atoms with Crippen LogP contribution < -0.4 is 5.56 Å². The number of fused-ring (bicyclic) bond motifs is 1. The first-order chi connectivity index (χ1) is 7.50. The number of halogens is 1. The first-order valence-corrected chi connectivity index (χ1v) is 5.93. The van der Waals surface area contributed by atoms with Crippen molar-refractivity contribution >= 4 is 21.8 Å². The van der Waals surface area contributed by atoms with Crippen molar-refractivity contribution in [1.29, 1.82) is 0 Å². The van der Waals surface area contributed by atoms with E-state index in [1.165, 1.54) is 0 Å².